The molecule has 1 N–H and O–H groups in total. The largest absolute Gasteiger partial charge is 0.461 e. The first-order valence-corrected chi connectivity index (χ1v) is 17.0. The Morgan fingerprint density at radius 1 is 0.979 bits per heavy atom. The van der Waals surface area contributed by atoms with Crippen molar-refractivity contribution in [3.63, 3.8) is 0 Å². The Bertz CT molecular complexity index is 1900. The van der Waals surface area contributed by atoms with Crippen molar-refractivity contribution in [1.29, 1.82) is 0 Å². The van der Waals surface area contributed by atoms with Gasteiger partial charge in [0.15, 0.2) is 0 Å². The number of anilines is 4. The Kier molecular flexibility index (Phi) is 8.79. The SMILES string of the molecule is CCN1CCN(c2ccc(Nc3cc(-c4cccc(N5CCn6c(cc7c6CCCC7)C5=O)c4COC(C)=O)cn(C)c3=O)nc2)CC1. The van der Waals surface area contributed by atoms with Gasteiger partial charge < -0.3 is 33.9 Å². The third-order valence-electron chi connectivity index (χ3n) is 9.97. The van der Waals surface area contributed by atoms with Gasteiger partial charge in [-0.05, 0) is 73.7 Å². The number of carbonyl (C=O) groups is 2. The maximum atomic E-state index is 14.0. The number of pyridine rings is 2. The van der Waals surface area contributed by atoms with E-state index < -0.39 is 5.97 Å². The summed E-state index contributed by atoms with van der Waals surface area (Å²) in [7, 11) is 1.71. The first-order chi connectivity index (χ1) is 23.3. The predicted octanol–water partition coefficient (Wildman–Crippen LogP) is 4.74. The van der Waals surface area contributed by atoms with Crippen molar-refractivity contribution in [1.82, 2.24) is 19.0 Å². The first-order valence-electron chi connectivity index (χ1n) is 17.0. The zero-order valence-corrected chi connectivity index (χ0v) is 28.0. The molecule has 4 aromatic rings. The summed E-state index contributed by atoms with van der Waals surface area (Å²) >= 11 is 0. The second-order valence-corrected chi connectivity index (χ2v) is 12.9. The van der Waals surface area contributed by atoms with Gasteiger partial charge in [-0.2, -0.15) is 0 Å². The lowest BCUT2D eigenvalue weighted by molar-refractivity contribution is -0.142. The molecule has 1 saturated heterocycles. The van der Waals surface area contributed by atoms with Crippen LogP contribution in [-0.4, -0.2) is 70.2 Å². The lowest BCUT2D eigenvalue weighted by Gasteiger charge is -2.35. The molecule has 1 aromatic carbocycles. The number of amides is 1. The van der Waals surface area contributed by atoms with Crippen molar-refractivity contribution >= 4 is 34.8 Å². The van der Waals surface area contributed by atoms with Gasteiger partial charge in [0.2, 0.25) is 0 Å². The number of fused-ring (bicyclic) bond motifs is 3. The van der Waals surface area contributed by atoms with Crippen molar-refractivity contribution in [2.24, 2.45) is 7.05 Å². The van der Waals surface area contributed by atoms with Gasteiger partial charge in [0.25, 0.3) is 11.5 Å². The predicted molar refractivity (Wildman–Crippen MR) is 187 cm³/mol. The minimum absolute atomic E-state index is 0.0106. The maximum absolute atomic E-state index is 14.0. The number of benzene rings is 1. The zero-order chi connectivity index (χ0) is 33.4. The van der Waals surface area contributed by atoms with E-state index in [1.165, 1.54) is 22.7 Å². The Morgan fingerprint density at radius 2 is 1.79 bits per heavy atom. The van der Waals surface area contributed by atoms with E-state index in [1.54, 1.807) is 24.2 Å². The van der Waals surface area contributed by atoms with Gasteiger partial charge in [-0.25, -0.2) is 4.98 Å². The molecule has 0 bridgehead atoms. The highest BCUT2D eigenvalue weighted by Crippen LogP contribution is 2.36. The zero-order valence-electron chi connectivity index (χ0n) is 28.0. The summed E-state index contributed by atoms with van der Waals surface area (Å²) in [4.78, 5) is 50.6. The number of hydrogen-bond donors (Lipinski definition) is 1. The van der Waals surface area contributed by atoms with Crippen LogP contribution in [0.2, 0.25) is 0 Å². The molecule has 5 heterocycles. The van der Waals surface area contributed by atoms with Crippen LogP contribution in [0.4, 0.5) is 22.9 Å². The van der Waals surface area contributed by atoms with E-state index in [9.17, 15) is 14.4 Å². The lowest BCUT2D eigenvalue weighted by atomic mass is 9.98. The number of esters is 1. The molecule has 11 heteroatoms. The monoisotopic (exact) mass is 649 g/mol. The number of piperazine rings is 1. The van der Waals surface area contributed by atoms with Gasteiger partial charge in [-0.15, -0.1) is 0 Å². The van der Waals surface area contributed by atoms with E-state index in [0.717, 1.165) is 75.2 Å². The molecule has 0 unspecified atom stereocenters. The van der Waals surface area contributed by atoms with Crippen LogP contribution in [0, 0.1) is 0 Å². The Labute approximate surface area is 280 Å². The number of nitrogens with zero attached hydrogens (tertiary/aromatic N) is 6. The first kappa shape index (κ1) is 31.7. The van der Waals surface area contributed by atoms with E-state index >= 15 is 0 Å². The maximum Gasteiger partial charge on any atom is 0.302 e. The number of hydrogen-bond acceptors (Lipinski definition) is 8. The summed E-state index contributed by atoms with van der Waals surface area (Å²) in [5.74, 6) is 0.104. The number of likely N-dealkylation sites (N-methyl/N-ethyl adjacent to an activating group) is 1. The van der Waals surface area contributed by atoms with E-state index in [0.29, 0.717) is 41.5 Å². The standard InChI is InChI=1S/C37H43N7O4/c1-4-41-14-16-42(17-15-41)28-12-13-35(38-22-28)39-31-20-27(23-40(3)36(31)46)29-9-7-11-33(30(29)24-48-25(2)45)44-19-18-43-32-10-6-5-8-26(32)21-34(43)37(44)47/h7,9,11-13,20-23H,4-6,8,10,14-19,24H2,1-3H3,(H,38,39). The summed E-state index contributed by atoms with van der Waals surface area (Å²) in [6.07, 6.45) is 7.94. The van der Waals surface area contributed by atoms with Crippen LogP contribution in [0.15, 0.2) is 59.7 Å². The number of aromatic nitrogens is 3. The fraction of sp³-hybridized carbons (Fsp3) is 0.405. The average Bonchev–Trinajstić information content (AvgIpc) is 3.49. The average molecular weight is 650 g/mol. The third kappa shape index (κ3) is 6.10. The van der Waals surface area contributed by atoms with E-state index in [-0.39, 0.29) is 18.1 Å². The molecule has 0 atom stereocenters. The molecule has 250 valence electrons. The molecule has 3 aliphatic rings. The fourth-order valence-electron chi connectivity index (χ4n) is 7.35. The Morgan fingerprint density at radius 3 is 2.54 bits per heavy atom. The minimum Gasteiger partial charge on any atom is -0.461 e. The van der Waals surface area contributed by atoms with Gasteiger partial charge in [-0.1, -0.05) is 19.1 Å². The lowest BCUT2D eigenvalue weighted by Crippen LogP contribution is -2.46. The molecule has 0 radical (unpaired) electrons. The molecule has 7 rings (SSSR count). The normalized spacial score (nSPS) is 16.4. The van der Waals surface area contributed by atoms with Crippen molar-refractivity contribution in [3.8, 4) is 11.1 Å². The minimum atomic E-state index is -0.410. The number of ether oxygens (including phenoxy) is 1. The topological polar surface area (TPSA) is 105 Å². The molecular formula is C37H43N7O4. The summed E-state index contributed by atoms with van der Waals surface area (Å²) in [5, 5.41) is 3.24. The van der Waals surface area contributed by atoms with Crippen LogP contribution in [-0.2, 0) is 42.6 Å². The number of carbonyl (C=O) groups excluding carboxylic acids is 2. The van der Waals surface area contributed by atoms with Crippen molar-refractivity contribution in [3.05, 3.63) is 87.7 Å². The number of aryl methyl sites for hydroxylation is 2. The molecule has 3 aromatic heterocycles. The van der Waals surface area contributed by atoms with Crippen LogP contribution in [0.3, 0.4) is 0 Å². The second-order valence-electron chi connectivity index (χ2n) is 12.9. The van der Waals surface area contributed by atoms with E-state index in [2.05, 4.69) is 37.7 Å². The third-order valence-corrected chi connectivity index (χ3v) is 9.97. The van der Waals surface area contributed by atoms with Gasteiger partial charge in [0.05, 0.1) is 17.6 Å². The molecule has 0 spiro atoms. The highest BCUT2D eigenvalue weighted by atomic mass is 16.5. The van der Waals surface area contributed by atoms with Crippen LogP contribution < -0.4 is 20.7 Å². The molecule has 48 heavy (non-hydrogen) atoms. The Hall–Kier alpha value is -4.90. The van der Waals surface area contributed by atoms with Crippen LogP contribution in [0.25, 0.3) is 11.1 Å². The molecule has 0 saturated carbocycles. The smallest absolute Gasteiger partial charge is 0.302 e. The molecule has 1 aliphatic carbocycles. The van der Waals surface area contributed by atoms with Crippen LogP contribution in [0.1, 0.15) is 54.0 Å². The van der Waals surface area contributed by atoms with Gasteiger partial charge in [0, 0.05) is 76.3 Å². The summed E-state index contributed by atoms with van der Waals surface area (Å²) in [5.41, 5.74) is 7.45. The van der Waals surface area contributed by atoms with Crippen molar-refractivity contribution in [2.75, 3.05) is 54.4 Å². The van der Waals surface area contributed by atoms with Gasteiger partial charge in [-0.3, -0.25) is 14.4 Å². The summed E-state index contributed by atoms with van der Waals surface area (Å²) < 4.78 is 9.29. The van der Waals surface area contributed by atoms with E-state index in [4.69, 9.17) is 4.74 Å². The Balaban J connectivity index is 1.20. The van der Waals surface area contributed by atoms with Gasteiger partial charge >= 0.3 is 5.97 Å². The summed E-state index contributed by atoms with van der Waals surface area (Å²) in [6.45, 7) is 9.81. The molecule has 11 nitrogen and oxygen atoms in total. The highest BCUT2D eigenvalue weighted by Gasteiger charge is 2.32. The molecule has 1 fully saturated rings. The summed E-state index contributed by atoms with van der Waals surface area (Å²) in [6, 6.07) is 13.6. The van der Waals surface area contributed by atoms with Crippen molar-refractivity contribution < 1.29 is 14.3 Å². The molecule has 2 aliphatic heterocycles. The number of rotatable bonds is 8. The van der Waals surface area contributed by atoms with E-state index in [1.807, 2.05) is 36.5 Å². The van der Waals surface area contributed by atoms with Crippen molar-refractivity contribution in [2.45, 2.75) is 52.7 Å². The fourth-order valence-corrected chi connectivity index (χ4v) is 7.35. The van der Waals surface area contributed by atoms with Crippen LogP contribution >= 0.6 is 0 Å². The van der Waals surface area contributed by atoms with Crippen LogP contribution in [0.5, 0.6) is 0 Å². The quantitative estimate of drug-likeness (QED) is 0.273. The number of nitrogens with one attached hydrogen (secondary N) is 1. The second kappa shape index (κ2) is 13.3. The molecule has 1 amide bonds. The molecular weight excluding hydrogens is 606 g/mol. The van der Waals surface area contributed by atoms with Gasteiger partial charge in [0.1, 0.15) is 23.8 Å². The highest BCUT2D eigenvalue weighted by molar-refractivity contribution is 6.07.